The van der Waals surface area contributed by atoms with Crippen LogP contribution in [-0.4, -0.2) is 35.3 Å². The largest absolute Gasteiger partial charge is 0.493 e. The summed E-state index contributed by atoms with van der Waals surface area (Å²) in [4.78, 5) is 26.9. The monoisotopic (exact) mass is 473 g/mol. The number of ether oxygens (including phenoxy) is 2. The first-order valence-corrected chi connectivity index (χ1v) is 9.91. The highest BCUT2D eigenvalue weighted by Gasteiger charge is 2.13. The molecule has 2 aromatic carbocycles. The number of carbonyl (C=O) groups excluding carboxylic acids is 1. The smallest absolute Gasteiger partial charge is 0.335 e. The van der Waals surface area contributed by atoms with Crippen molar-refractivity contribution in [1.82, 2.24) is 10.4 Å². The van der Waals surface area contributed by atoms with Crippen LogP contribution in [0.3, 0.4) is 0 Å². The first kappa shape index (κ1) is 23.1. The van der Waals surface area contributed by atoms with Crippen molar-refractivity contribution < 1.29 is 24.2 Å². The minimum Gasteiger partial charge on any atom is -0.493 e. The van der Waals surface area contributed by atoms with Crippen molar-refractivity contribution >= 4 is 41.3 Å². The second-order valence-electron chi connectivity index (χ2n) is 6.37. The van der Waals surface area contributed by atoms with E-state index in [2.05, 4.69) is 15.5 Å². The maximum absolute atomic E-state index is 12.1. The molecule has 1 aromatic heterocycles. The summed E-state index contributed by atoms with van der Waals surface area (Å²) in [7, 11) is 1.47. The van der Waals surface area contributed by atoms with Crippen molar-refractivity contribution in [3.05, 3.63) is 87.2 Å². The average Bonchev–Trinajstić information content (AvgIpc) is 2.78. The molecule has 3 aromatic rings. The molecule has 8 nitrogen and oxygen atoms in total. The number of rotatable bonds is 8. The van der Waals surface area contributed by atoms with Gasteiger partial charge in [0.2, 0.25) is 0 Å². The molecule has 0 saturated heterocycles. The standard InChI is InChI=1S/C22H17Cl2N3O5/c1-31-18-10-14(11-26-27-21(28)16-3-2-8-25-20(16)24)9-17(23)19(18)32-12-13-4-6-15(7-5-13)22(29)30/h2-11H,12H2,1H3,(H,27,28)(H,29,30). The third kappa shape index (κ3) is 5.75. The summed E-state index contributed by atoms with van der Waals surface area (Å²) >= 11 is 12.2. The summed E-state index contributed by atoms with van der Waals surface area (Å²) < 4.78 is 11.1. The molecule has 0 saturated carbocycles. The Morgan fingerprint density at radius 2 is 1.94 bits per heavy atom. The van der Waals surface area contributed by atoms with Gasteiger partial charge in [0, 0.05) is 6.20 Å². The number of amides is 1. The minimum atomic E-state index is -1.00. The molecule has 0 aliphatic carbocycles. The van der Waals surface area contributed by atoms with E-state index in [1.54, 1.807) is 30.3 Å². The fourth-order valence-corrected chi connectivity index (χ4v) is 3.11. The number of carboxylic acid groups (broad SMARTS) is 1. The Morgan fingerprint density at radius 1 is 1.19 bits per heavy atom. The summed E-state index contributed by atoms with van der Waals surface area (Å²) in [5.74, 6) is -0.826. The number of benzene rings is 2. The molecule has 0 unspecified atom stereocenters. The molecule has 1 amide bonds. The number of carboxylic acids is 1. The van der Waals surface area contributed by atoms with Crippen molar-refractivity contribution in [1.29, 1.82) is 0 Å². The van der Waals surface area contributed by atoms with Crippen LogP contribution in [0.15, 0.2) is 59.8 Å². The van der Waals surface area contributed by atoms with Gasteiger partial charge >= 0.3 is 5.97 Å². The van der Waals surface area contributed by atoms with Crippen molar-refractivity contribution in [2.75, 3.05) is 7.11 Å². The lowest BCUT2D eigenvalue weighted by Crippen LogP contribution is -2.18. The van der Waals surface area contributed by atoms with Gasteiger partial charge in [-0.2, -0.15) is 5.10 Å². The van der Waals surface area contributed by atoms with Gasteiger partial charge in [0.1, 0.15) is 11.8 Å². The number of hydrogen-bond donors (Lipinski definition) is 2. The van der Waals surface area contributed by atoms with Crippen LogP contribution >= 0.6 is 23.2 Å². The van der Waals surface area contributed by atoms with Gasteiger partial charge in [-0.05, 0) is 47.5 Å². The Hall–Kier alpha value is -3.62. The lowest BCUT2D eigenvalue weighted by molar-refractivity contribution is 0.0696. The molecule has 1 heterocycles. The third-order valence-corrected chi connectivity index (χ3v) is 4.80. The Bertz CT molecular complexity index is 1170. The van der Waals surface area contributed by atoms with E-state index in [0.717, 1.165) is 5.56 Å². The average molecular weight is 474 g/mol. The van der Waals surface area contributed by atoms with Crippen molar-refractivity contribution in [2.24, 2.45) is 5.10 Å². The summed E-state index contributed by atoms with van der Waals surface area (Å²) in [5.41, 5.74) is 4.07. The van der Waals surface area contributed by atoms with Crippen molar-refractivity contribution in [3.8, 4) is 11.5 Å². The summed E-state index contributed by atoms with van der Waals surface area (Å²) in [6.07, 6.45) is 2.87. The number of nitrogens with one attached hydrogen (secondary N) is 1. The zero-order valence-electron chi connectivity index (χ0n) is 16.7. The second-order valence-corrected chi connectivity index (χ2v) is 7.13. The van der Waals surface area contributed by atoms with E-state index in [1.165, 1.54) is 37.7 Å². The van der Waals surface area contributed by atoms with E-state index in [1.807, 2.05) is 0 Å². The highest BCUT2D eigenvalue weighted by atomic mass is 35.5. The number of aromatic nitrogens is 1. The number of methoxy groups -OCH3 is 1. The molecular formula is C22H17Cl2N3O5. The fraction of sp³-hybridized carbons (Fsp3) is 0.0909. The van der Waals surface area contributed by atoms with E-state index in [4.69, 9.17) is 37.8 Å². The molecule has 164 valence electrons. The van der Waals surface area contributed by atoms with Gasteiger partial charge in [-0.25, -0.2) is 15.2 Å². The van der Waals surface area contributed by atoms with E-state index in [-0.39, 0.29) is 27.9 Å². The van der Waals surface area contributed by atoms with Crippen LogP contribution in [0.1, 0.15) is 31.8 Å². The first-order valence-electron chi connectivity index (χ1n) is 9.15. The zero-order chi connectivity index (χ0) is 23.1. The van der Waals surface area contributed by atoms with Crippen molar-refractivity contribution in [2.45, 2.75) is 6.61 Å². The fourth-order valence-electron chi connectivity index (χ4n) is 2.63. The second kappa shape index (κ2) is 10.6. The number of hydrazone groups is 1. The molecule has 0 radical (unpaired) electrons. The number of pyridine rings is 1. The van der Waals surface area contributed by atoms with Gasteiger partial charge in [-0.1, -0.05) is 35.3 Å². The molecule has 2 N–H and O–H groups in total. The maximum Gasteiger partial charge on any atom is 0.335 e. The molecule has 0 aliphatic rings. The third-order valence-electron chi connectivity index (χ3n) is 4.22. The van der Waals surface area contributed by atoms with Crippen LogP contribution in [0, 0.1) is 0 Å². The van der Waals surface area contributed by atoms with E-state index >= 15 is 0 Å². The van der Waals surface area contributed by atoms with Gasteiger partial charge in [0.25, 0.3) is 5.91 Å². The van der Waals surface area contributed by atoms with E-state index < -0.39 is 11.9 Å². The highest BCUT2D eigenvalue weighted by Crippen LogP contribution is 2.36. The predicted octanol–water partition coefficient (Wildman–Crippen LogP) is 4.44. The predicted molar refractivity (Wildman–Crippen MR) is 120 cm³/mol. The number of aromatic carboxylic acids is 1. The number of nitrogens with zero attached hydrogens (tertiary/aromatic N) is 2. The van der Waals surface area contributed by atoms with E-state index in [0.29, 0.717) is 17.1 Å². The number of carbonyl (C=O) groups is 2. The Balaban J connectivity index is 1.69. The molecule has 32 heavy (non-hydrogen) atoms. The molecule has 0 bridgehead atoms. The number of hydrogen-bond acceptors (Lipinski definition) is 6. The topological polar surface area (TPSA) is 110 Å². The van der Waals surface area contributed by atoms with Crippen molar-refractivity contribution in [3.63, 3.8) is 0 Å². The molecule has 0 spiro atoms. The summed E-state index contributed by atoms with van der Waals surface area (Å²) in [6, 6.07) is 12.7. The minimum absolute atomic E-state index is 0.0732. The SMILES string of the molecule is COc1cc(C=NNC(=O)c2cccnc2Cl)cc(Cl)c1OCc1ccc(C(=O)O)cc1. The Kier molecular flexibility index (Phi) is 7.64. The number of halogens is 2. The van der Waals surface area contributed by atoms with Gasteiger partial charge in [0.05, 0.1) is 29.5 Å². The molecule has 10 heteroatoms. The summed E-state index contributed by atoms with van der Waals surface area (Å²) in [6.45, 7) is 0.158. The normalized spacial score (nSPS) is 10.7. The molecule has 3 rings (SSSR count). The first-order chi connectivity index (χ1) is 15.4. The van der Waals surface area contributed by atoms with Crippen LogP contribution in [0.4, 0.5) is 0 Å². The van der Waals surface area contributed by atoms with Gasteiger partial charge in [-0.3, -0.25) is 4.79 Å². The molecular weight excluding hydrogens is 457 g/mol. The zero-order valence-corrected chi connectivity index (χ0v) is 18.2. The van der Waals surface area contributed by atoms with Crippen LogP contribution in [-0.2, 0) is 6.61 Å². The lowest BCUT2D eigenvalue weighted by Gasteiger charge is -2.13. The molecule has 0 atom stereocenters. The Morgan fingerprint density at radius 3 is 2.59 bits per heavy atom. The van der Waals surface area contributed by atoms with Gasteiger partial charge in [0.15, 0.2) is 11.5 Å². The van der Waals surface area contributed by atoms with Gasteiger partial charge in [-0.15, -0.1) is 0 Å². The Labute approximate surface area is 193 Å². The van der Waals surface area contributed by atoms with Gasteiger partial charge < -0.3 is 14.6 Å². The van der Waals surface area contributed by atoms with Crippen LogP contribution in [0.25, 0.3) is 0 Å². The highest BCUT2D eigenvalue weighted by molar-refractivity contribution is 6.33. The van der Waals surface area contributed by atoms with Crippen LogP contribution in [0.5, 0.6) is 11.5 Å². The molecule has 0 fully saturated rings. The van der Waals surface area contributed by atoms with Crippen LogP contribution in [0.2, 0.25) is 10.2 Å². The lowest BCUT2D eigenvalue weighted by atomic mass is 10.1. The summed E-state index contributed by atoms with van der Waals surface area (Å²) in [5, 5.41) is 13.2. The quantitative estimate of drug-likeness (QED) is 0.284. The maximum atomic E-state index is 12.1. The van der Waals surface area contributed by atoms with E-state index in [9.17, 15) is 9.59 Å². The van der Waals surface area contributed by atoms with Crippen LogP contribution < -0.4 is 14.9 Å². The molecule has 0 aliphatic heterocycles.